The molecular weight excluding hydrogens is 495 g/mol. The van der Waals surface area contributed by atoms with Crippen LogP contribution in [0.1, 0.15) is 60.0 Å². The van der Waals surface area contributed by atoms with Gasteiger partial charge in [0, 0.05) is 24.9 Å². The van der Waals surface area contributed by atoms with E-state index >= 15 is 0 Å². The quantitative estimate of drug-likeness (QED) is 0.240. The molecule has 7 heteroatoms. The number of rotatable bonds is 11. The number of hydrogen-bond donors (Lipinski definition) is 0. The molecule has 0 aromatic heterocycles. The van der Waals surface area contributed by atoms with Gasteiger partial charge in [0.25, 0.3) is 5.91 Å². The Morgan fingerprint density at radius 3 is 2.41 bits per heavy atom. The summed E-state index contributed by atoms with van der Waals surface area (Å²) in [5.41, 5.74) is 3.42. The lowest BCUT2D eigenvalue weighted by molar-refractivity contribution is 0.0774. The molecule has 2 heterocycles. The second kappa shape index (κ2) is 12.3. The van der Waals surface area contributed by atoms with Crippen LogP contribution in [0.25, 0.3) is 0 Å². The van der Waals surface area contributed by atoms with Gasteiger partial charge in [0.1, 0.15) is 17.2 Å². The van der Waals surface area contributed by atoms with Crippen LogP contribution in [-0.2, 0) is 0 Å². The Morgan fingerprint density at radius 2 is 1.64 bits per heavy atom. The first-order chi connectivity index (χ1) is 19.0. The summed E-state index contributed by atoms with van der Waals surface area (Å²) in [5.74, 6) is 1.66. The second-order valence-electron chi connectivity index (χ2n) is 10.2. The molecule has 2 aliphatic rings. The summed E-state index contributed by atoms with van der Waals surface area (Å²) in [5, 5.41) is 0. The smallest absolute Gasteiger partial charge is 0.256 e. The Kier molecular flexibility index (Phi) is 8.45. The van der Waals surface area contributed by atoms with E-state index in [1.807, 2.05) is 61.4 Å². The fourth-order valence-electron chi connectivity index (χ4n) is 4.95. The molecule has 0 aliphatic carbocycles. The van der Waals surface area contributed by atoms with Crippen LogP contribution < -0.4 is 14.2 Å². The molecule has 1 atom stereocenters. The summed E-state index contributed by atoms with van der Waals surface area (Å²) in [6, 6.07) is 16.1. The Labute approximate surface area is 229 Å². The highest BCUT2D eigenvalue weighted by Gasteiger charge is 2.32. The van der Waals surface area contributed by atoms with E-state index in [1.54, 1.807) is 12.1 Å². The third kappa shape index (κ3) is 6.59. The lowest BCUT2D eigenvalue weighted by atomic mass is 10.1. The number of aliphatic imine (C=N–C) groups is 1. The fraction of sp³-hybridized carbons (Fsp3) is 0.375. The first-order valence-electron chi connectivity index (χ1n) is 13.8. The van der Waals surface area contributed by atoms with Gasteiger partial charge in [-0.1, -0.05) is 17.7 Å². The summed E-state index contributed by atoms with van der Waals surface area (Å²) in [4.78, 5) is 19.5. The third-order valence-electron chi connectivity index (χ3n) is 7.19. The van der Waals surface area contributed by atoms with Crippen LogP contribution in [0, 0.1) is 19.7 Å². The summed E-state index contributed by atoms with van der Waals surface area (Å²) < 4.78 is 31.8. The Hall–Kier alpha value is -3.87. The molecule has 1 amide bonds. The van der Waals surface area contributed by atoms with Crippen LogP contribution in [-0.4, -0.2) is 42.8 Å². The van der Waals surface area contributed by atoms with E-state index < -0.39 is 5.82 Å². The highest BCUT2D eigenvalue weighted by atomic mass is 19.1. The summed E-state index contributed by atoms with van der Waals surface area (Å²) in [7, 11) is 0. The molecule has 0 spiro atoms. The minimum Gasteiger partial charge on any atom is -0.493 e. The molecule has 0 radical (unpaired) electrons. The predicted octanol–water partition coefficient (Wildman–Crippen LogP) is 7.57. The van der Waals surface area contributed by atoms with E-state index in [9.17, 15) is 9.18 Å². The Balaban J connectivity index is 1.01. The van der Waals surface area contributed by atoms with E-state index in [1.165, 1.54) is 6.07 Å². The minimum atomic E-state index is -0.450. The number of halogens is 1. The standard InChI is InChI=1S/C32H35FN2O4/c1-22-9-11-25(12-10-22)39-30-14-13-26(19-28(30)33)37-16-5-3-4-6-17-38-31-20-29-27(18-23(31)2)32(36)35-15-7-8-24(35)21-34-29/h9-14,18-21,24H,3-8,15-17H2,1-2H3/t24-/m0/s1. The van der Waals surface area contributed by atoms with Gasteiger partial charge in [-0.2, -0.15) is 0 Å². The van der Waals surface area contributed by atoms with Gasteiger partial charge in [-0.25, -0.2) is 4.39 Å². The molecule has 3 aromatic rings. The van der Waals surface area contributed by atoms with E-state index in [0.29, 0.717) is 36.0 Å². The maximum Gasteiger partial charge on any atom is 0.256 e. The lowest BCUT2D eigenvalue weighted by Crippen LogP contribution is -2.35. The fourth-order valence-corrected chi connectivity index (χ4v) is 4.95. The van der Waals surface area contributed by atoms with Gasteiger partial charge in [-0.3, -0.25) is 9.79 Å². The van der Waals surface area contributed by atoms with Crippen molar-refractivity contribution < 1.29 is 23.4 Å². The average Bonchev–Trinajstić information content (AvgIpc) is 3.36. The molecule has 2 aliphatic heterocycles. The summed E-state index contributed by atoms with van der Waals surface area (Å²) >= 11 is 0. The number of ether oxygens (including phenoxy) is 3. The maximum atomic E-state index is 14.4. The molecule has 0 unspecified atom stereocenters. The van der Waals surface area contributed by atoms with E-state index in [2.05, 4.69) is 4.99 Å². The van der Waals surface area contributed by atoms with Crippen molar-refractivity contribution >= 4 is 17.8 Å². The first-order valence-corrected chi connectivity index (χ1v) is 13.8. The zero-order valence-corrected chi connectivity index (χ0v) is 22.6. The Morgan fingerprint density at radius 1 is 0.897 bits per heavy atom. The number of carbonyl (C=O) groups excluding carboxylic acids is 1. The number of fused-ring (bicyclic) bond motifs is 2. The second-order valence-corrected chi connectivity index (χ2v) is 10.2. The van der Waals surface area contributed by atoms with E-state index in [4.69, 9.17) is 14.2 Å². The van der Waals surface area contributed by atoms with Crippen molar-refractivity contribution in [2.24, 2.45) is 4.99 Å². The van der Waals surface area contributed by atoms with Gasteiger partial charge in [0.2, 0.25) is 0 Å². The number of amides is 1. The van der Waals surface area contributed by atoms with Gasteiger partial charge < -0.3 is 19.1 Å². The highest BCUT2D eigenvalue weighted by Crippen LogP contribution is 2.34. The van der Waals surface area contributed by atoms with Crippen molar-refractivity contribution in [1.29, 1.82) is 0 Å². The molecule has 0 N–H and O–H groups in total. The van der Waals surface area contributed by atoms with Crippen molar-refractivity contribution in [2.45, 2.75) is 58.4 Å². The van der Waals surface area contributed by atoms with Crippen LogP contribution in [0.3, 0.4) is 0 Å². The average molecular weight is 531 g/mol. The number of nitrogens with zero attached hydrogens (tertiary/aromatic N) is 2. The normalized spacial score (nSPS) is 16.0. The Bertz CT molecular complexity index is 1340. The molecule has 0 saturated carbocycles. The van der Waals surface area contributed by atoms with Crippen molar-refractivity contribution in [3.63, 3.8) is 0 Å². The first kappa shape index (κ1) is 26.7. The van der Waals surface area contributed by atoms with E-state index in [0.717, 1.165) is 61.9 Å². The largest absolute Gasteiger partial charge is 0.493 e. The number of benzene rings is 3. The molecule has 0 bridgehead atoms. The van der Waals surface area contributed by atoms with E-state index in [-0.39, 0.29) is 17.7 Å². The van der Waals surface area contributed by atoms with Crippen LogP contribution in [0.5, 0.6) is 23.0 Å². The van der Waals surface area contributed by atoms with Crippen molar-refractivity contribution in [3.8, 4) is 23.0 Å². The number of carbonyl (C=O) groups is 1. The molecule has 5 rings (SSSR count). The zero-order valence-electron chi connectivity index (χ0n) is 22.6. The molecule has 204 valence electrons. The predicted molar refractivity (Wildman–Crippen MR) is 151 cm³/mol. The maximum absolute atomic E-state index is 14.4. The number of aryl methyl sites for hydroxylation is 2. The van der Waals surface area contributed by atoms with Gasteiger partial charge in [0.15, 0.2) is 11.6 Å². The van der Waals surface area contributed by atoms with Crippen molar-refractivity contribution in [1.82, 2.24) is 4.90 Å². The molecule has 3 aromatic carbocycles. The van der Waals surface area contributed by atoms with Gasteiger partial charge in [-0.15, -0.1) is 0 Å². The highest BCUT2D eigenvalue weighted by molar-refractivity contribution is 6.03. The van der Waals surface area contributed by atoms with Gasteiger partial charge in [0.05, 0.1) is 30.5 Å². The number of unbranched alkanes of at least 4 members (excludes halogenated alkanes) is 3. The van der Waals surface area contributed by atoms with Crippen LogP contribution in [0.15, 0.2) is 59.6 Å². The lowest BCUT2D eigenvalue weighted by Gasteiger charge is -2.20. The zero-order chi connectivity index (χ0) is 27.2. The third-order valence-corrected chi connectivity index (χ3v) is 7.19. The monoisotopic (exact) mass is 530 g/mol. The topological polar surface area (TPSA) is 60.4 Å². The SMILES string of the molecule is Cc1ccc(Oc2ccc(OCCCCCCOc3cc4c(cc3C)C(=O)N3CCC[C@H]3C=N4)cc2F)cc1. The molecular formula is C32H35FN2O4. The molecule has 1 saturated heterocycles. The molecule has 6 nitrogen and oxygen atoms in total. The summed E-state index contributed by atoms with van der Waals surface area (Å²) in [6.07, 6.45) is 7.67. The van der Waals surface area contributed by atoms with Crippen LogP contribution >= 0.6 is 0 Å². The van der Waals surface area contributed by atoms with Gasteiger partial charge in [-0.05, 0) is 88.3 Å². The van der Waals surface area contributed by atoms with Crippen molar-refractivity contribution in [2.75, 3.05) is 19.8 Å². The molecule has 1 fully saturated rings. The summed E-state index contributed by atoms with van der Waals surface area (Å²) in [6.45, 7) is 5.88. The number of hydrogen-bond acceptors (Lipinski definition) is 5. The van der Waals surface area contributed by atoms with Crippen LogP contribution in [0.4, 0.5) is 10.1 Å². The molecule has 39 heavy (non-hydrogen) atoms. The minimum absolute atomic E-state index is 0.0659. The van der Waals surface area contributed by atoms with Gasteiger partial charge >= 0.3 is 0 Å². The van der Waals surface area contributed by atoms with Crippen molar-refractivity contribution in [3.05, 3.63) is 77.1 Å². The van der Waals surface area contributed by atoms with Crippen LogP contribution in [0.2, 0.25) is 0 Å².